The number of fused-ring (bicyclic) bond motifs is 1. The number of aryl methyl sites for hydroxylation is 2. The summed E-state index contributed by atoms with van der Waals surface area (Å²) in [6.07, 6.45) is 4.95. The van der Waals surface area contributed by atoms with Crippen LogP contribution in [0.4, 0.5) is 8.78 Å². The Morgan fingerprint density at radius 1 is 1.19 bits per heavy atom. The first-order valence-corrected chi connectivity index (χ1v) is 8.24. The summed E-state index contributed by atoms with van der Waals surface area (Å²) in [5.74, 6) is -1.02. The van der Waals surface area contributed by atoms with Gasteiger partial charge in [-0.3, -0.25) is 0 Å². The molecule has 1 aromatic carbocycles. The molecule has 0 fully saturated rings. The highest BCUT2D eigenvalue weighted by molar-refractivity contribution is 7.12. The number of hydrogen-bond acceptors (Lipinski definition) is 2. The fraction of sp³-hybridized carbons (Fsp3) is 0.412. The summed E-state index contributed by atoms with van der Waals surface area (Å²) in [6, 6.07) is 6.21. The van der Waals surface area contributed by atoms with E-state index in [-0.39, 0.29) is 6.04 Å². The molecule has 2 aromatic rings. The summed E-state index contributed by atoms with van der Waals surface area (Å²) >= 11 is 1.87. The maximum atomic E-state index is 13.6. The Hall–Kier alpha value is -1.26. The number of nitrogens with one attached hydrogen (secondary N) is 1. The van der Waals surface area contributed by atoms with E-state index in [0.717, 1.165) is 6.07 Å². The van der Waals surface area contributed by atoms with Crippen LogP contribution in [0.3, 0.4) is 0 Å². The van der Waals surface area contributed by atoms with Crippen molar-refractivity contribution in [2.24, 2.45) is 0 Å². The number of benzene rings is 1. The van der Waals surface area contributed by atoms with Gasteiger partial charge in [0, 0.05) is 34.0 Å². The molecule has 1 N–H and O–H groups in total. The standard InChI is InChI=1S/C17H19F2NS/c1-11(17-8-12-4-2-3-5-16(12)21-17)20-10-13-6-7-14(18)9-15(13)19/h6-9,11,20H,2-5,10H2,1H3. The van der Waals surface area contributed by atoms with Crippen LogP contribution in [-0.4, -0.2) is 0 Å². The Kier molecular flexibility index (Phi) is 4.36. The summed E-state index contributed by atoms with van der Waals surface area (Å²) in [7, 11) is 0. The van der Waals surface area contributed by atoms with Crippen LogP contribution >= 0.6 is 11.3 Å². The largest absolute Gasteiger partial charge is 0.305 e. The van der Waals surface area contributed by atoms with Crippen molar-refractivity contribution in [3.63, 3.8) is 0 Å². The van der Waals surface area contributed by atoms with Crippen molar-refractivity contribution in [1.29, 1.82) is 0 Å². The van der Waals surface area contributed by atoms with Crippen LogP contribution in [0, 0.1) is 11.6 Å². The van der Waals surface area contributed by atoms with Gasteiger partial charge in [0.2, 0.25) is 0 Å². The van der Waals surface area contributed by atoms with E-state index < -0.39 is 11.6 Å². The first-order chi connectivity index (χ1) is 10.1. The van der Waals surface area contributed by atoms with Crippen LogP contribution in [0.25, 0.3) is 0 Å². The number of hydrogen-bond donors (Lipinski definition) is 1. The maximum Gasteiger partial charge on any atom is 0.130 e. The Balaban J connectivity index is 1.66. The van der Waals surface area contributed by atoms with Gasteiger partial charge in [-0.2, -0.15) is 0 Å². The predicted molar refractivity (Wildman–Crippen MR) is 82.6 cm³/mol. The third kappa shape index (κ3) is 3.33. The van der Waals surface area contributed by atoms with Crippen molar-refractivity contribution >= 4 is 11.3 Å². The first kappa shape index (κ1) is 14.7. The molecule has 0 aliphatic heterocycles. The van der Waals surface area contributed by atoms with Crippen molar-refractivity contribution < 1.29 is 8.78 Å². The summed E-state index contributed by atoms with van der Waals surface area (Å²) in [5, 5.41) is 3.33. The molecule has 0 radical (unpaired) electrons. The van der Waals surface area contributed by atoms with Crippen molar-refractivity contribution in [2.75, 3.05) is 0 Å². The lowest BCUT2D eigenvalue weighted by Gasteiger charge is -2.12. The normalized spacial score (nSPS) is 15.8. The summed E-state index contributed by atoms with van der Waals surface area (Å²) in [5.41, 5.74) is 1.99. The van der Waals surface area contributed by atoms with Crippen LogP contribution in [0.5, 0.6) is 0 Å². The molecule has 21 heavy (non-hydrogen) atoms. The lowest BCUT2D eigenvalue weighted by atomic mass is 9.99. The molecule has 1 aromatic heterocycles. The minimum atomic E-state index is -0.532. The molecule has 1 nitrogen and oxygen atoms in total. The lowest BCUT2D eigenvalue weighted by Crippen LogP contribution is -2.18. The van der Waals surface area contributed by atoms with Gasteiger partial charge in [-0.25, -0.2) is 8.78 Å². The van der Waals surface area contributed by atoms with E-state index in [9.17, 15) is 8.78 Å². The quantitative estimate of drug-likeness (QED) is 0.859. The van der Waals surface area contributed by atoms with Crippen LogP contribution in [0.1, 0.15) is 46.7 Å². The summed E-state index contributed by atoms with van der Waals surface area (Å²) in [6.45, 7) is 2.51. The smallest absolute Gasteiger partial charge is 0.130 e. The number of rotatable bonds is 4. The fourth-order valence-electron chi connectivity index (χ4n) is 2.76. The van der Waals surface area contributed by atoms with Gasteiger partial charge in [0.05, 0.1) is 0 Å². The van der Waals surface area contributed by atoms with E-state index in [2.05, 4.69) is 18.3 Å². The molecule has 1 atom stereocenters. The first-order valence-electron chi connectivity index (χ1n) is 7.42. The third-order valence-corrected chi connectivity index (χ3v) is 5.48. The summed E-state index contributed by atoms with van der Waals surface area (Å²) < 4.78 is 26.5. The molecular weight excluding hydrogens is 288 g/mol. The number of halogens is 2. The minimum Gasteiger partial charge on any atom is -0.305 e. The van der Waals surface area contributed by atoms with E-state index in [1.165, 1.54) is 53.1 Å². The highest BCUT2D eigenvalue weighted by Crippen LogP contribution is 2.32. The molecule has 0 saturated carbocycles. The second-order valence-electron chi connectivity index (χ2n) is 5.64. The third-order valence-electron chi connectivity index (χ3n) is 4.06. The SMILES string of the molecule is CC(NCc1ccc(F)cc1F)c1cc2c(s1)CCCC2. The zero-order valence-corrected chi connectivity index (χ0v) is 12.9. The second kappa shape index (κ2) is 6.24. The van der Waals surface area contributed by atoms with Gasteiger partial charge in [-0.05, 0) is 50.3 Å². The molecule has 0 saturated heterocycles. The predicted octanol–water partition coefficient (Wildman–Crippen LogP) is 4.76. The van der Waals surface area contributed by atoms with Gasteiger partial charge >= 0.3 is 0 Å². The van der Waals surface area contributed by atoms with E-state index >= 15 is 0 Å². The van der Waals surface area contributed by atoms with Crippen LogP contribution in [-0.2, 0) is 19.4 Å². The van der Waals surface area contributed by atoms with Gasteiger partial charge in [0.1, 0.15) is 11.6 Å². The van der Waals surface area contributed by atoms with Crippen molar-refractivity contribution in [3.8, 4) is 0 Å². The molecule has 1 aliphatic rings. The van der Waals surface area contributed by atoms with E-state index in [1.807, 2.05) is 11.3 Å². The zero-order valence-electron chi connectivity index (χ0n) is 12.1. The molecule has 1 unspecified atom stereocenters. The zero-order chi connectivity index (χ0) is 14.8. The molecule has 0 bridgehead atoms. The minimum absolute atomic E-state index is 0.185. The highest BCUT2D eigenvalue weighted by Gasteiger charge is 2.16. The van der Waals surface area contributed by atoms with Crippen LogP contribution < -0.4 is 5.32 Å². The number of thiophene rings is 1. The van der Waals surface area contributed by atoms with Crippen molar-refractivity contribution in [1.82, 2.24) is 5.32 Å². The van der Waals surface area contributed by atoms with E-state index in [1.54, 1.807) is 0 Å². The summed E-state index contributed by atoms with van der Waals surface area (Å²) in [4.78, 5) is 2.82. The Morgan fingerprint density at radius 3 is 2.76 bits per heavy atom. The highest BCUT2D eigenvalue weighted by atomic mass is 32.1. The maximum absolute atomic E-state index is 13.6. The van der Waals surface area contributed by atoms with Gasteiger partial charge in [-0.1, -0.05) is 6.07 Å². The van der Waals surface area contributed by atoms with E-state index in [0.29, 0.717) is 12.1 Å². The second-order valence-corrected chi connectivity index (χ2v) is 6.81. The van der Waals surface area contributed by atoms with Gasteiger partial charge in [-0.15, -0.1) is 11.3 Å². The van der Waals surface area contributed by atoms with Gasteiger partial charge in [0.25, 0.3) is 0 Å². The average Bonchev–Trinajstić information content (AvgIpc) is 2.90. The molecule has 4 heteroatoms. The topological polar surface area (TPSA) is 12.0 Å². The molecular formula is C17H19F2NS. The molecule has 1 aliphatic carbocycles. The molecule has 1 heterocycles. The fourth-order valence-corrected chi connectivity index (χ4v) is 4.04. The van der Waals surface area contributed by atoms with Gasteiger partial charge in [0.15, 0.2) is 0 Å². The molecule has 0 amide bonds. The van der Waals surface area contributed by atoms with Crippen molar-refractivity contribution in [2.45, 2.75) is 45.2 Å². The average molecular weight is 307 g/mol. The Labute approximate surface area is 128 Å². The van der Waals surface area contributed by atoms with Crippen molar-refractivity contribution in [3.05, 3.63) is 56.8 Å². The van der Waals surface area contributed by atoms with Crippen LogP contribution in [0.15, 0.2) is 24.3 Å². The molecule has 112 valence electrons. The van der Waals surface area contributed by atoms with Gasteiger partial charge < -0.3 is 5.32 Å². The molecule has 3 rings (SSSR count). The Morgan fingerprint density at radius 2 is 2.00 bits per heavy atom. The van der Waals surface area contributed by atoms with Crippen LogP contribution in [0.2, 0.25) is 0 Å². The monoisotopic (exact) mass is 307 g/mol. The van der Waals surface area contributed by atoms with E-state index in [4.69, 9.17) is 0 Å². The lowest BCUT2D eigenvalue weighted by molar-refractivity contribution is 0.537. The molecule has 0 spiro atoms. The Bertz CT molecular complexity index is 612.